The summed E-state index contributed by atoms with van der Waals surface area (Å²) in [5, 5.41) is 4.61. The first-order chi connectivity index (χ1) is 11.1. The van der Waals surface area contributed by atoms with E-state index < -0.39 is 0 Å². The van der Waals surface area contributed by atoms with Crippen LogP contribution in [-0.4, -0.2) is 27.0 Å². The fourth-order valence-electron chi connectivity index (χ4n) is 3.06. The first-order valence-electron chi connectivity index (χ1n) is 7.55. The number of carbonyl (C=O) groups excluding carboxylic acids is 1. The van der Waals surface area contributed by atoms with E-state index in [1.807, 2.05) is 12.1 Å². The maximum atomic E-state index is 13.0. The van der Waals surface area contributed by atoms with Gasteiger partial charge in [-0.1, -0.05) is 29.3 Å². The first kappa shape index (κ1) is 14.2. The molecule has 0 radical (unpaired) electrons. The minimum Gasteiger partial charge on any atom is -0.307 e. The van der Waals surface area contributed by atoms with Gasteiger partial charge in [0, 0.05) is 24.6 Å². The van der Waals surface area contributed by atoms with E-state index >= 15 is 0 Å². The Morgan fingerprint density at radius 3 is 3.04 bits per heavy atom. The highest BCUT2D eigenvalue weighted by Gasteiger charge is 2.28. The van der Waals surface area contributed by atoms with E-state index in [1.54, 1.807) is 23.4 Å². The van der Waals surface area contributed by atoms with Gasteiger partial charge in [-0.15, -0.1) is 0 Å². The van der Waals surface area contributed by atoms with Crippen LogP contribution in [0.5, 0.6) is 0 Å². The zero-order valence-corrected chi connectivity index (χ0v) is 13.4. The lowest BCUT2D eigenvalue weighted by Gasteiger charge is -2.29. The van der Waals surface area contributed by atoms with Gasteiger partial charge in [-0.2, -0.15) is 5.10 Å². The quantitative estimate of drug-likeness (QED) is 0.689. The molecule has 0 saturated carbocycles. The number of aromatic nitrogens is 3. The molecule has 2 aromatic heterocycles. The molecule has 1 amide bonds. The van der Waals surface area contributed by atoms with E-state index in [-0.39, 0.29) is 11.6 Å². The monoisotopic (exact) mass is 326 g/mol. The van der Waals surface area contributed by atoms with Crippen molar-refractivity contribution >= 4 is 28.8 Å². The van der Waals surface area contributed by atoms with Crippen LogP contribution in [0.4, 0.5) is 5.69 Å². The van der Waals surface area contributed by atoms with Gasteiger partial charge < -0.3 is 4.90 Å². The number of carbonyl (C=O) groups is 1. The first-order valence-corrected chi connectivity index (χ1v) is 7.93. The summed E-state index contributed by atoms with van der Waals surface area (Å²) >= 11 is 6.33. The van der Waals surface area contributed by atoms with Crippen LogP contribution in [0.15, 0.2) is 36.7 Å². The number of anilines is 1. The van der Waals surface area contributed by atoms with Gasteiger partial charge >= 0.3 is 0 Å². The van der Waals surface area contributed by atoms with Crippen LogP contribution < -0.4 is 4.90 Å². The largest absolute Gasteiger partial charge is 0.307 e. The zero-order valence-electron chi connectivity index (χ0n) is 12.7. The molecule has 23 heavy (non-hydrogen) atoms. The zero-order chi connectivity index (χ0) is 16.0. The summed E-state index contributed by atoms with van der Waals surface area (Å²) in [7, 11) is 0. The lowest BCUT2D eigenvalue weighted by atomic mass is 9.99. The molecule has 116 valence electrons. The molecular formula is C17H15ClN4O. The van der Waals surface area contributed by atoms with E-state index in [0.717, 1.165) is 18.5 Å². The van der Waals surface area contributed by atoms with Gasteiger partial charge in [0.2, 0.25) is 0 Å². The van der Waals surface area contributed by atoms with E-state index in [9.17, 15) is 4.79 Å². The highest BCUT2D eigenvalue weighted by molar-refractivity contribution is 6.37. The van der Waals surface area contributed by atoms with Crippen molar-refractivity contribution in [2.24, 2.45) is 0 Å². The average Bonchev–Trinajstić information content (AvgIpc) is 2.91. The Kier molecular flexibility index (Phi) is 3.31. The Balaban J connectivity index is 1.79. The summed E-state index contributed by atoms with van der Waals surface area (Å²) < 4.78 is 1.54. The number of amides is 1. The molecule has 1 aliphatic rings. The fourth-order valence-corrected chi connectivity index (χ4v) is 3.31. The van der Waals surface area contributed by atoms with E-state index in [0.29, 0.717) is 17.2 Å². The summed E-state index contributed by atoms with van der Waals surface area (Å²) in [6.07, 6.45) is 5.29. The molecule has 5 nitrogen and oxygen atoms in total. The molecule has 1 aromatic carbocycles. The molecule has 6 heteroatoms. The van der Waals surface area contributed by atoms with Crippen molar-refractivity contribution < 1.29 is 4.79 Å². The molecule has 3 aromatic rings. The molecule has 3 heterocycles. The fraction of sp³-hybridized carbons (Fsp3) is 0.235. The SMILES string of the molecule is Cc1ccc2c(c1)CCCN2C(=O)c1nn2cccnc2c1Cl. The highest BCUT2D eigenvalue weighted by Crippen LogP contribution is 2.30. The van der Waals surface area contributed by atoms with Crippen LogP contribution in [0.25, 0.3) is 5.65 Å². The van der Waals surface area contributed by atoms with Gasteiger partial charge in [0.05, 0.1) is 0 Å². The molecule has 4 rings (SSSR count). The summed E-state index contributed by atoms with van der Waals surface area (Å²) in [5.74, 6) is -0.176. The molecule has 0 saturated heterocycles. The number of rotatable bonds is 1. The summed E-state index contributed by atoms with van der Waals surface area (Å²) in [6.45, 7) is 2.73. The number of hydrogen-bond acceptors (Lipinski definition) is 3. The molecule has 0 aliphatic carbocycles. The summed E-state index contributed by atoms with van der Waals surface area (Å²) in [5.41, 5.74) is 4.10. The predicted octanol–water partition coefficient (Wildman–Crippen LogP) is 3.28. The molecule has 0 N–H and O–H groups in total. The third-order valence-electron chi connectivity index (χ3n) is 4.14. The van der Waals surface area contributed by atoms with Crippen LogP contribution in [0.3, 0.4) is 0 Å². The van der Waals surface area contributed by atoms with Crippen LogP contribution in [0.1, 0.15) is 28.0 Å². The van der Waals surface area contributed by atoms with E-state index in [2.05, 4.69) is 23.1 Å². The van der Waals surface area contributed by atoms with Gasteiger partial charge in [0.1, 0.15) is 5.02 Å². The normalized spacial score (nSPS) is 14.1. The number of hydrogen-bond donors (Lipinski definition) is 0. The number of benzene rings is 1. The van der Waals surface area contributed by atoms with Crippen LogP contribution in [-0.2, 0) is 6.42 Å². The highest BCUT2D eigenvalue weighted by atomic mass is 35.5. The predicted molar refractivity (Wildman–Crippen MR) is 89.2 cm³/mol. The van der Waals surface area contributed by atoms with Crippen LogP contribution in [0, 0.1) is 6.92 Å². The van der Waals surface area contributed by atoms with Crippen molar-refractivity contribution in [1.82, 2.24) is 14.6 Å². The van der Waals surface area contributed by atoms with Crippen molar-refractivity contribution in [3.63, 3.8) is 0 Å². The van der Waals surface area contributed by atoms with Gasteiger partial charge in [-0.3, -0.25) is 4.79 Å². The number of halogens is 1. The van der Waals surface area contributed by atoms with Crippen molar-refractivity contribution in [2.45, 2.75) is 19.8 Å². The van der Waals surface area contributed by atoms with Crippen molar-refractivity contribution in [3.05, 3.63) is 58.5 Å². The smallest absolute Gasteiger partial charge is 0.280 e. The Bertz CT molecular complexity index is 918. The van der Waals surface area contributed by atoms with Gasteiger partial charge in [-0.05, 0) is 37.5 Å². The molecule has 0 atom stereocenters. The maximum absolute atomic E-state index is 13.0. The molecule has 0 bridgehead atoms. The van der Waals surface area contributed by atoms with Gasteiger partial charge in [0.15, 0.2) is 11.3 Å². The second-order valence-corrected chi connectivity index (χ2v) is 6.12. The van der Waals surface area contributed by atoms with Gasteiger partial charge in [-0.25, -0.2) is 9.50 Å². The van der Waals surface area contributed by atoms with Crippen LogP contribution >= 0.6 is 11.6 Å². The Morgan fingerprint density at radius 2 is 2.22 bits per heavy atom. The minimum atomic E-state index is -0.176. The summed E-state index contributed by atoms with van der Waals surface area (Å²) in [6, 6.07) is 7.92. The van der Waals surface area contributed by atoms with E-state index in [1.165, 1.54) is 15.6 Å². The number of nitrogens with zero attached hydrogens (tertiary/aromatic N) is 4. The van der Waals surface area contributed by atoms with Crippen molar-refractivity contribution in [3.8, 4) is 0 Å². The molecular weight excluding hydrogens is 312 g/mol. The second-order valence-electron chi connectivity index (χ2n) is 5.74. The van der Waals surface area contributed by atoms with Crippen molar-refractivity contribution in [1.29, 1.82) is 0 Å². The van der Waals surface area contributed by atoms with E-state index in [4.69, 9.17) is 11.6 Å². The number of fused-ring (bicyclic) bond motifs is 2. The Labute approximate surface area is 138 Å². The minimum absolute atomic E-state index is 0.176. The summed E-state index contributed by atoms with van der Waals surface area (Å²) in [4.78, 5) is 18.9. The van der Waals surface area contributed by atoms with Gasteiger partial charge in [0.25, 0.3) is 5.91 Å². The average molecular weight is 327 g/mol. The lowest BCUT2D eigenvalue weighted by Crippen LogP contribution is -2.36. The number of aryl methyl sites for hydroxylation is 2. The third kappa shape index (κ3) is 2.28. The molecule has 1 aliphatic heterocycles. The molecule has 0 unspecified atom stereocenters. The topological polar surface area (TPSA) is 50.5 Å². The molecule has 0 spiro atoms. The molecule has 0 fully saturated rings. The second kappa shape index (κ2) is 5.35. The maximum Gasteiger partial charge on any atom is 0.280 e. The van der Waals surface area contributed by atoms with Crippen LogP contribution in [0.2, 0.25) is 5.02 Å². The standard InChI is InChI=1S/C17H15ClN4O/c1-11-5-6-13-12(10-11)4-2-8-21(13)17(23)15-14(18)16-19-7-3-9-22(16)20-15/h3,5-7,9-10H,2,4,8H2,1H3. The Morgan fingerprint density at radius 1 is 1.35 bits per heavy atom. The Hall–Kier alpha value is -2.40. The lowest BCUT2D eigenvalue weighted by molar-refractivity contribution is 0.0980. The third-order valence-corrected chi connectivity index (χ3v) is 4.49. The van der Waals surface area contributed by atoms with Crippen molar-refractivity contribution in [2.75, 3.05) is 11.4 Å².